The quantitative estimate of drug-likeness (QED) is 0.362. The molecule has 6 heavy (non-hydrogen) atoms. The van der Waals surface area contributed by atoms with Crippen molar-refractivity contribution in [2.75, 3.05) is 0 Å². The summed E-state index contributed by atoms with van der Waals surface area (Å²) in [5.41, 5.74) is 0. The molecule has 0 N–H and O–H groups in total. The summed E-state index contributed by atoms with van der Waals surface area (Å²) in [5.74, 6) is 2.17. The van der Waals surface area contributed by atoms with Gasteiger partial charge in [-0.1, -0.05) is 0 Å². The first kappa shape index (κ1) is 5.27. The molecule has 0 unspecified atom stereocenters. The first-order chi connectivity index (χ1) is 3.00. The number of hydrogen-bond acceptors (Lipinski definition) is 0. The van der Waals surface area contributed by atoms with Crippen LogP contribution in [0.1, 0.15) is 0 Å². The summed E-state index contributed by atoms with van der Waals surface area (Å²) in [4.78, 5) is 1.68. The van der Waals surface area contributed by atoms with E-state index in [1.807, 2.05) is 0 Å². The Labute approximate surface area is 51.3 Å². The van der Waals surface area contributed by atoms with E-state index in [2.05, 4.69) is 15.5 Å². The monoisotopic (exact) mass is 305 g/mol. The molecule has 0 aliphatic carbocycles. The Balaban J connectivity index is 2.77. The second kappa shape index (κ2) is 3.18. The van der Waals surface area contributed by atoms with E-state index in [1.54, 1.807) is 4.99 Å². The van der Waals surface area contributed by atoms with Gasteiger partial charge in [-0.3, -0.25) is 0 Å². The van der Waals surface area contributed by atoms with Crippen LogP contribution in [0.3, 0.4) is 0 Å². The van der Waals surface area contributed by atoms with Gasteiger partial charge in [0.2, 0.25) is 0 Å². The van der Waals surface area contributed by atoms with Crippen LogP contribution in [0.4, 0.5) is 0 Å². The van der Waals surface area contributed by atoms with Crippen molar-refractivity contribution in [1.82, 2.24) is 0 Å². The van der Waals surface area contributed by atoms with Crippen molar-refractivity contribution < 1.29 is 0 Å². The summed E-state index contributed by atoms with van der Waals surface area (Å²) < 4.78 is 3.29. The molecule has 0 saturated heterocycles. The Morgan fingerprint density at radius 1 is 1.67 bits per heavy atom. The fourth-order valence-electron chi connectivity index (χ4n) is 0.225. The van der Waals surface area contributed by atoms with Crippen LogP contribution < -0.4 is 0 Å². The molecule has 28 valence electrons. The van der Waals surface area contributed by atoms with Crippen molar-refractivity contribution in [3.05, 3.63) is 11.9 Å². The molecule has 0 atom stereocenters. The van der Waals surface area contributed by atoms with Crippen LogP contribution in [0.15, 0.2) is 11.9 Å². The summed E-state index contributed by atoms with van der Waals surface area (Å²) in [6.45, 7) is 0. The fourth-order valence-corrected chi connectivity index (χ4v) is 10.9. The second-order valence-electron chi connectivity index (χ2n) is 0.842. The maximum absolute atomic E-state index is 3.29. The van der Waals surface area contributed by atoms with E-state index < -0.39 is 0 Å². The van der Waals surface area contributed by atoms with Gasteiger partial charge in [-0.25, -0.2) is 0 Å². The van der Waals surface area contributed by atoms with Crippen LogP contribution in [-0.4, -0.2) is 26.7 Å². The molecule has 0 radical (unpaired) electrons. The second-order valence-corrected chi connectivity index (χ2v) is 15.6. The van der Waals surface area contributed by atoms with Gasteiger partial charge >= 0.3 is 51.5 Å². The van der Waals surface area contributed by atoms with Gasteiger partial charge in [-0.15, -0.1) is 0 Å². The van der Waals surface area contributed by atoms with E-state index in [0.717, 1.165) is 0 Å². The average molecular weight is 304 g/mol. The van der Waals surface area contributed by atoms with Gasteiger partial charge in [0.1, 0.15) is 0 Å². The van der Waals surface area contributed by atoms with E-state index in [4.69, 9.17) is 0 Å². The van der Waals surface area contributed by atoms with Crippen LogP contribution in [0.2, 0.25) is 0 Å². The molecular weight excluding hydrogens is 302 g/mol. The Kier molecular flexibility index (Phi) is 2.79. The third-order valence-electron chi connectivity index (χ3n) is 0.436. The van der Waals surface area contributed by atoms with Crippen LogP contribution in [-0.2, 0) is 0 Å². The predicted octanol–water partition coefficient (Wildman–Crippen LogP) is 1.62. The summed E-state index contributed by atoms with van der Waals surface area (Å²) in [6, 6.07) is 0. The first-order valence-corrected chi connectivity index (χ1v) is 12.5. The van der Waals surface area contributed by atoms with Gasteiger partial charge in [-0.2, -0.15) is 0 Å². The van der Waals surface area contributed by atoms with Crippen molar-refractivity contribution >= 4 is 39.6 Å². The molecule has 1 heterocycles. The van der Waals surface area contributed by atoms with Crippen molar-refractivity contribution in [1.29, 1.82) is 0 Å². The number of rotatable bonds is 0. The summed E-state index contributed by atoms with van der Waals surface area (Å²) >= 11 is -0.364. The molecule has 0 aromatic carbocycles. The SMILES string of the molecule is [C-]1=[Tl][P]=PC=C1. The minimum atomic E-state index is -0.364. The van der Waals surface area contributed by atoms with Gasteiger partial charge in [-0.05, 0) is 0 Å². The fraction of sp³-hybridized carbons (Fsp3) is 0. The molecule has 0 aromatic heterocycles. The van der Waals surface area contributed by atoms with Gasteiger partial charge in [0.25, 0.3) is 0 Å². The van der Waals surface area contributed by atoms with Crippen LogP contribution >= 0.6 is 12.9 Å². The van der Waals surface area contributed by atoms with Crippen molar-refractivity contribution in [2.45, 2.75) is 0 Å². The van der Waals surface area contributed by atoms with Gasteiger partial charge < -0.3 is 0 Å². The molecule has 0 nitrogen and oxygen atoms in total. The zero-order valence-electron chi connectivity index (χ0n) is 3.13. The molecular formula is C3H2P2Tl-. The molecule has 0 amide bonds. The van der Waals surface area contributed by atoms with E-state index in [-0.39, 0.29) is 23.2 Å². The van der Waals surface area contributed by atoms with Crippen LogP contribution in [0.25, 0.3) is 0 Å². The third-order valence-corrected chi connectivity index (χ3v) is 13.5. The van der Waals surface area contributed by atoms with E-state index in [9.17, 15) is 0 Å². The topological polar surface area (TPSA) is 0 Å². The Bertz CT molecular complexity index is 78.2. The number of hydrogen-bond donors (Lipinski definition) is 0. The average Bonchev–Trinajstić information content (AvgIpc) is 1.72. The van der Waals surface area contributed by atoms with E-state index in [0.29, 0.717) is 0 Å². The van der Waals surface area contributed by atoms with E-state index >= 15 is 0 Å². The zero-order chi connectivity index (χ0) is 4.24. The Hall–Kier alpha value is 1.13. The summed E-state index contributed by atoms with van der Waals surface area (Å²) in [6.07, 6.45) is 2.09. The van der Waals surface area contributed by atoms with Crippen molar-refractivity contribution in [2.24, 2.45) is 0 Å². The Morgan fingerprint density at radius 3 is 2.83 bits per heavy atom. The number of allylic oxidation sites excluding steroid dienone is 1. The molecule has 1 aliphatic rings. The van der Waals surface area contributed by atoms with Gasteiger partial charge in [0, 0.05) is 0 Å². The van der Waals surface area contributed by atoms with Gasteiger partial charge in [0.15, 0.2) is 0 Å². The Morgan fingerprint density at radius 2 is 2.67 bits per heavy atom. The molecule has 1 aliphatic heterocycles. The summed E-state index contributed by atoms with van der Waals surface area (Å²) in [7, 11) is 1.52. The van der Waals surface area contributed by atoms with Gasteiger partial charge in [0.05, 0.1) is 0 Å². The standard InChI is InChI=1S/C3H2P2.Tl/c1-2-3-5-4;/h2-3H;/q-2;+1. The third kappa shape index (κ3) is 1.72. The molecule has 0 saturated carbocycles. The zero-order valence-corrected chi connectivity index (χ0v) is 9.40. The normalized spacial score (nSPS) is 20.0. The summed E-state index contributed by atoms with van der Waals surface area (Å²) in [5, 5.41) is 0. The predicted molar refractivity (Wildman–Crippen MR) is 33.7 cm³/mol. The molecule has 0 aromatic rings. The minimum absolute atomic E-state index is 0.364. The maximum atomic E-state index is 3.29. The molecule has 3 heteroatoms. The van der Waals surface area contributed by atoms with Crippen LogP contribution in [0, 0.1) is 0 Å². The van der Waals surface area contributed by atoms with Crippen molar-refractivity contribution in [3.8, 4) is 0 Å². The molecule has 0 spiro atoms. The molecule has 0 bridgehead atoms. The first-order valence-electron chi connectivity index (χ1n) is 1.63. The molecule has 0 fully saturated rings. The van der Waals surface area contributed by atoms with Crippen LogP contribution in [0.5, 0.6) is 0 Å². The van der Waals surface area contributed by atoms with E-state index in [1.165, 1.54) is 7.87 Å². The molecule has 1 rings (SSSR count). The van der Waals surface area contributed by atoms with Crippen molar-refractivity contribution in [3.63, 3.8) is 0 Å².